The predicted octanol–water partition coefficient (Wildman–Crippen LogP) is 2.06. The molecule has 0 spiro atoms. The van der Waals surface area contributed by atoms with E-state index in [1.165, 1.54) is 19.4 Å². The van der Waals surface area contributed by atoms with E-state index in [1.54, 1.807) is 0 Å². The molecule has 1 heterocycles. The van der Waals surface area contributed by atoms with E-state index >= 15 is 0 Å². The summed E-state index contributed by atoms with van der Waals surface area (Å²) in [5.74, 6) is -0.494. The van der Waals surface area contributed by atoms with Crippen LogP contribution in [-0.4, -0.2) is 36.6 Å². The predicted molar refractivity (Wildman–Crippen MR) is 107 cm³/mol. The van der Waals surface area contributed by atoms with Crippen LogP contribution in [0.25, 0.3) is 0 Å². The zero-order valence-corrected chi connectivity index (χ0v) is 16.5. The lowest BCUT2D eigenvalue weighted by atomic mass is 10.2. The number of hydrogen-bond donors (Lipinski definition) is 3. The van der Waals surface area contributed by atoms with Gasteiger partial charge in [0.15, 0.2) is 10.6 Å². The van der Waals surface area contributed by atoms with Gasteiger partial charge in [0.25, 0.3) is 21.6 Å². The number of amides is 1. The molecule has 11 nitrogen and oxygen atoms in total. The Bertz CT molecular complexity index is 1180. The number of nitrogens with zero attached hydrogens (tertiary/aromatic N) is 2. The van der Waals surface area contributed by atoms with Crippen LogP contribution in [0.1, 0.15) is 16.1 Å². The molecule has 3 aromatic rings. The number of anilines is 1. The Labute approximate surface area is 171 Å². The number of nitro benzene ring substituents is 1. The van der Waals surface area contributed by atoms with Gasteiger partial charge in [-0.3, -0.25) is 24.7 Å². The van der Waals surface area contributed by atoms with E-state index in [0.29, 0.717) is 0 Å². The lowest BCUT2D eigenvalue weighted by Crippen LogP contribution is -2.25. The number of ether oxygens (including phenoxy) is 1. The number of carbonyl (C=O) groups is 1. The lowest BCUT2D eigenvalue weighted by molar-refractivity contribution is -0.387. The number of aromatic nitrogens is 2. The molecule has 30 heavy (non-hydrogen) atoms. The van der Waals surface area contributed by atoms with Crippen molar-refractivity contribution in [2.24, 2.45) is 0 Å². The molecule has 3 rings (SSSR count). The monoisotopic (exact) mass is 431 g/mol. The molecular formula is C18H17N5O6S. The Morgan fingerprint density at radius 1 is 1.23 bits per heavy atom. The summed E-state index contributed by atoms with van der Waals surface area (Å²) >= 11 is 0. The second kappa shape index (κ2) is 8.61. The molecule has 3 N–H and O–H groups in total. The van der Waals surface area contributed by atoms with Crippen LogP contribution in [0.5, 0.6) is 5.75 Å². The van der Waals surface area contributed by atoms with Crippen molar-refractivity contribution in [3.63, 3.8) is 0 Å². The highest BCUT2D eigenvalue weighted by Crippen LogP contribution is 2.30. The van der Waals surface area contributed by atoms with Crippen molar-refractivity contribution in [1.29, 1.82) is 0 Å². The number of aromatic amines is 1. The van der Waals surface area contributed by atoms with Gasteiger partial charge in [0.05, 0.1) is 23.8 Å². The van der Waals surface area contributed by atoms with Gasteiger partial charge in [0.2, 0.25) is 0 Å². The molecule has 156 valence electrons. The maximum Gasteiger partial charge on any atom is 0.293 e. The van der Waals surface area contributed by atoms with Crippen molar-refractivity contribution in [3.05, 3.63) is 76.1 Å². The van der Waals surface area contributed by atoms with E-state index in [1.807, 2.05) is 30.3 Å². The third-order valence-electron chi connectivity index (χ3n) is 4.05. The van der Waals surface area contributed by atoms with E-state index in [9.17, 15) is 23.3 Å². The molecule has 0 saturated carbocycles. The maximum atomic E-state index is 12.7. The van der Waals surface area contributed by atoms with Crippen LogP contribution in [0, 0.1) is 10.1 Å². The number of hydrogen-bond acceptors (Lipinski definition) is 7. The van der Waals surface area contributed by atoms with E-state index in [0.717, 1.165) is 17.7 Å². The zero-order valence-electron chi connectivity index (χ0n) is 15.7. The molecule has 0 aliphatic carbocycles. The van der Waals surface area contributed by atoms with Gasteiger partial charge in [0, 0.05) is 12.7 Å². The number of nitrogens with one attached hydrogen (secondary N) is 3. The summed E-state index contributed by atoms with van der Waals surface area (Å²) < 4.78 is 32.6. The minimum absolute atomic E-state index is 0.130. The fraction of sp³-hybridized carbons (Fsp3) is 0.111. The summed E-state index contributed by atoms with van der Waals surface area (Å²) in [6, 6.07) is 12.4. The number of H-pyrrole nitrogens is 1. The van der Waals surface area contributed by atoms with E-state index < -0.39 is 31.4 Å². The summed E-state index contributed by atoms with van der Waals surface area (Å²) in [6.45, 7) is 0.211. The fourth-order valence-electron chi connectivity index (χ4n) is 2.60. The number of carbonyl (C=O) groups excluding carboxylic acids is 1. The summed E-state index contributed by atoms with van der Waals surface area (Å²) in [7, 11) is -3.09. The summed E-state index contributed by atoms with van der Waals surface area (Å²) in [6.07, 6.45) is 1.17. The van der Waals surface area contributed by atoms with Crippen LogP contribution in [0.3, 0.4) is 0 Å². The first kappa shape index (κ1) is 20.8. The highest BCUT2D eigenvalue weighted by molar-refractivity contribution is 7.92. The number of sulfonamides is 1. The number of benzene rings is 2. The van der Waals surface area contributed by atoms with Gasteiger partial charge in [-0.2, -0.15) is 5.10 Å². The average molecular weight is 431 g/mol. The number of rotatable bonds is 8. The molecule has 1 aromatic heterocycles. The molecule has 12 heteroatoms. The molecule has 0 saturated heterocycles. The average Bonchev–Trinajstić information content (AvgIpc) is 3.19. The molecule has 0 radical (unpaired) electrons. The van der Waals surface area contributed by atoms with Crippen LogP contribution in [0.2, 0.25) is 0 Å². The largest absolute Gasteiger partial charge is 0.497 e. The molecule has 0 aliphatic rings. The van der Waals surface area contributed by atoms with Crippen LogP contribution in [0.15, 0.2) is 59.6 Å². The highest BCUT2D eigenvalue weighted by atomic mass is 32.2. The Kier molecular flexibility index (Phi) is 5.97. The summed E-state index contributed by atoms with van der Waals surface area (Å²) in [5, 5.41) is 20.1. The van der Waals surface area contributed by atoms with Crippen molar-refractivity contribution in [3.8, 4) is 5.75 Å². The minimum atomic E-state index is -4.39. The Morgan fingerprint density at radius 3 is 2.63 bits per heavy atom. The van der Waals surface area contributed by atoms with Gasteiger partial charge in [-0.05, 0) is 17.7 Å². The number of nitro groups is 1. The van der Waals surface area contributed by atoms with Gasteiger partial charge < -0.3 is 10.1 Å². The normalized spacial score (nSPS) is 11.0. The van der Waals surface area contributed by atoms with Crippen molar-refractivity contribution in [2.45, 2.75) is 11.4 Å². The highest BCUT2D eigenvalue weighted by Gasteiger charge is 2.28. The first-order valence-corrected chi connectivity index (χ1v) is 10.0. The first-order chi connectivity index (χ1) is 14.3. The molecule has 0 fully saturated rings. The minimum Gasteiger partial charge on any atom is -0.497 e. The number of methoxy groups -OCH3 is 1. The standard InChI is InChI=1S/C18H17N5O6S/c1-29-13-7-8-16(15(9-13)23(25)26)30(27,28)22-14-11-20-21-17(14)18(24)19-10-12-5-3-2-4-6-12/h2-9,11,22H,10H2,1H3,(H,19,24)(H,20,21). The molecular weight excluding hydrogens is 414 g/mol. The summed E-state index contributed by atoms with van der Waals surface area (Å²) in [5.41, 5.74) is -0.172. The van der Waals surface area contributed by atoms with Gasteiger partial charge in [-0.15, -0.1) is 0 Å². The second-order valence-corrected chi connectivity index (χ2v) is 7.66. The fourth-order valence-corrected chi connectivity index (χ4v) is 3.81. The van der Waals surface area contributed by atoms with E-state index in [-0.39, 0.29) is 23.7 Å². The SMILES string of the molecule is COc1ccc(S(=O)(=O)Nc2c[nH]nc2C(=O)NCc2ccccc2)c([N+](=O)[O-])c1. The molecule has 0 aliphatic heterocycles. The third-order valence-corrected chi connectivity index (χ3v) is 5.46. The molecule has 0 unspecified atom stereocenters. The smallest absolute Gasteiger partial charge is 0.293 e. The van der Waals surface area contributed by atoms with Crippen molar-refractivity contribution < 1.29 is 22.9 Å². The van der Waals surface area contributed by atoms with E-state index in [4.69, 9.17) is 4.74 Å². The van der Waals surface area contributed by atoms with E-state index in [2.05, 4.69) is 20.2 Å². The molecule has 2 aromatic carbocycles. The Hall–Kier alpha value is -3.93. The molecule has 0 atom stereocenters. The summed E-state index contributed by atoms with van der Waals surface area (Å²) in [4.78, 5) is 22.3. The Morgan fingerprint density at radius 2 is 1.97 bits per heavy atom. The van der Waals surface area contributed by atoms with Gasteiger partial charge >= 0.3 is 0 Å². The maximum absolute atomic E-state index is 12.7. The van der Waals surface area contributed by atoms with Crippen molar-refractivity contribution in [2.75, 3.05) is 11.8 Å². The molecule has 0 bridgehead atoms. The van der Waals surface area contributed by atoms with Crippen molar-refractivity contribution >= 4 is 27.3 Å². The van der Waals surface area contributed by atoms with Crippen LogP contribution >= 0.6 is 0 Å². The van der Waals surface area contributed by atoms with Gasteiger partial charge in [0.1, 0.15) is 5.75 Å². The topological polar surface area (TPSA) is 156 Å². The second-order valence-electron chi connectivity index (χ2n) is 6.01. The first-order valence-electron chi connectivity index (χ1n) is 8.53. The molecule has 1 amide bonds. The Balaban J connectivity index is 1.83. The van der Waals surface area contributed by atoms with Gasteiger partial charge in [-0.25, -0.2) is 8.42 Å². The zero-order chi connectivity index (χ0) is 21.7. The van der Waals surface area contributed by atoms with Crippen LogP contribution in [-0.2, 0) is 16.6 Å². The lowest BCUT2D eigenvalue weighted by Gasteiger charge is -2.10. The van der Waals surface area contributed by atoms with Crippen molar-refractivity contribution in [1.82, 2.24) is 15.5 Å². The quantitative estimate of drug-likeness (QED) is 0.364. The third kappa shape index (κ3) is 4.55. The van der Waals surface area contributed by atoms with Crippen LogP contribution < -0.4 is 14.8 Å². The van der Waals surface area contributed by atoms with Gasteiger partial charge in [-0.1, -0.05) is 30.3 Å². The van der Waals surface area contributed by atoms with Crippen LogP contribution in [0.4, 0.5) is 11.4 Å².